The van der Waals surface area contributed by atoms with E-state index in [2.05, 4.69) is 4.90 Å². The van der Waals surface area contributed by atoms with Gasteiger partial charge in [0.25, 0.3) is 0 Å². The van der Waals surface area contributed by atoms with Crippen LogP contribution in [0.25, 0.3) is 0 Å². The summed E-state index contributed by atoms with van der Waals surface area (Å²) in [5.74, 6) is 1.11. The van der Waals surface area contributed by atoms with E-state index in [1.807, 2.05) is 23.6 Å². The lowest BCUT2D eigenvalue weighted by molar-refractivity contribution is 0.399. The standard InChI is InChI=1S/C23H25FN2O4S2/c1-29-19-5-8-22(30-2)16(14-19)13-18-15-31-23(25-18)26-11-9-21(10-12-26)32(27,28)20-6-3-17(24)4-7-20/h3-8,14-15,21H,9-13H2,1-2H3. The van der Waals surface area contributed by atoms with Gasteiger partial charge in [-0.05, 0) is 55.3 Å². The molecule has 0 unspecified atom stereocenters. The topological polar surface area (TPSA) is 68.7 Å². The highest BCUT2D eigenvalue weighted by molar-refractivity contribution is 7.92. The number of rotatable bonds is 7. The smallest absolute Gasteiger partial charge is 0.185 e. The lowest BCUT2D eigenvalue weighted by Crippen LogP contribution is -2.39. The van der Waals surface area contributed by atoms with Gasteiger partial charge in [-0.1, -0.05) is 0 Å². The average Bonchev–Trinajstić information content (AvgIpc) is 3.28. The van der Waals surface area contributed by atoms with E-state index in [9.17, 15) is 12.8 Å². The summed E-state index contributed by atoms with van der Waals surface area (Å²) >= 11 is 1.56. The molecule has 2 aromatic carbocycles. The molecule has 170 valence electrons. The molecule has 0 bridgehead atoms. The lowest BCUT2D eigenvalue weighted by atomic mass is 10.1. The van der Waals surface area contributed by atoms with E-state index in [-0.39, 0.29) is 4.90 Å². The van der Waals surface area contributed by atoms with Gasteiger partial charge in [-0.3, -0.25) is 0 Å². The number of nitrogens with zero attached hydrogens (tertiary/aromatic N) is 2. The number of anilines is 1. The highest BCUT2D eigenvalue weighted by atomic mass is 32.2. The van der Waals surface area contributed by atoms with Crippen LogP contribution in [0.1, 0.15) is 24.1 Å². The molecule has 0 radical (unpaired) electrons. The van der Waals surface area contributed by atoms with Gasteiger partial charge in [-0.25, -0.2) is 17.8 Å². The summed E-state index contributed by atoms with van der Waals surface area (Å²) in [5.41, 5.74) is 1.92. The van der Waals surface area contributed by atoms with Crippen molar-refractivity contribution in [2.45, 2.75) is 29.4 Å². The van der Waals surface area contributed by atoms with Gasteiger partial charge in [0.1, 0.15) is 17.3 Å². The fraction of sp³-hybridized carbons (Fsp3) is 0.348. The van der Waals surface area contributed by atoms with Gasteiger partial charge in [0.2, 0.25) is 0 Å². The molecule has 3 aromatic rings. The van der Waals surface area contributed by atoms with Crippen molar-refractivity contribution in [2.24, 2.45) is 0 Å². The van der Waals surface area contributed by atoms with Crippen molar-refractivity contribution < 1.29 is 22.3 Å². The van der Waals surface area contributed by atoms with E-state index in [1.165, 1.54) is 24.3 Å². The Morgan fingerprint density at radius 2 is 1.81 bits per heavy atom. The maximum absolute atomic E-state index is 13.2. The largest absolute Gasteiger partial charge is 0.497 e. The zero-order chi connectivity index (χ0) is 22.7. The Morgan fingerprint density at radius 1 is 1.09 bits per heavy atom. The second-order valence-electron chi connectivity index (χ2n) is 7.66. The van der Waals surface area contributed by atoms with Crippen LogP contribution >= 0.6 is 11.3 Å². The monoisotopic (exact) mass is 476 g/mol. The van der Waals surface area contributed by atoms with Gasteiger partial charge in [-0.15, -0.1) is 11.3 Å². The van der Waals surface area contributed by atoms with Gasteiger partial charge in [0, 0.05) is 30.5 Å². The van der Waals surface area contributed by atoms with Crippen LogP contribution in [0.4, 0.5) is 9.52 Å². The molecule has 1 aliphatic heterocycles. The van der Waals surface area contributed by atoms with Crippen molar-refractivity contribution in [3.63, 3.8) is 0 Å². The molecule has 9 heteroatoms. The first-order valence-electron chi connectivity index (χ1n) is 10.3. The molecule has 0 N–H and O–H groups in total. The number of thiazole rings is 1. The van der Waals surface area contributed by atoms with E-state index in [4.69, 9.17) is 14.5 Å². The van der Waals surface area contributed by atoms with Crippen LogP contribution in [-0.2, 0) is 16.3 Å². The zero-order valence-electron chi connectivity index (χ0n) is 18.0. The van der Waals surface area contributed by atoms with E-state index in [0.29, 0.717) is 32.4 Å². The number of halogens is 1. The average molecular weight is 477 g/mol. The van der Waals surface area contributed by atoms with Gasteiger partial charge in [-0.2, -0.15) is 0 Å². The SMILES string of the molecule is COc1ccc(OC)c(Cc2csc(N3CCC(S(=O)(=O)c4ccc(F)cc4)CC3)n2)c1. The Morgan fingerprint density at radius 3 is 2.47 bits per heavy atom. The summed E-state index contributed by atoms with van der Waals surface area (Å²) < 4.78 is 49.7. The van der Waals surface area contributed by atoms with Crippen LogP contribution in [0.2, 0.25) is 0 Å². The van der Waals surface area contributed by atoms with Gasteiger partial charge < -0.3 is 14.4 Å². The maximum Gasteiger partial charge on any atom is 0.185 e. The van der Waals surface area contributed by atoms with E-state index in [0.717, 1.165) is 27.9 Å². The quantitative estimate of drug-likeness (QED) is 0.473. The van der Waals surface area contributed by atoms with E-state index in [1.54, 1.807) is 25.6 Å². The van der Waals surface area contributed by atoms with Gasteiger partial charge in [0.15, 0.2) is 15.0 Å². The third-order valence-corrected chi connectivity index (χ3v) is 8.92. The first kappa shape index (κ1) is 22.5. The summed E-state index contributed by atoms with van der Waals surface area (Å²) in [6.45, 7) is 1.22. The second kappa shape index (κ2) is 9.46. The van der Waals surface area contributed by atoms with Gasteiger partial charge >= 0.3 is 0 Å². The molecule has 0 spiro atoms. The molecule has 0 saturated carbocycles. The number of hydrogen-bond donors (Lipinski definition) is 0. The number of benzene rings is 2. The van der Waals surface area contributed by atoms with Crippen molar-refractivity contribution >= 4 is 26.3 Å². The molecule has 6 nitrogen and oxygen atoms in total. The Hall–Kier alpha value is -2.65. The van der Waals surface area contributed by atoms with Crippen molar-refractivity contribution in [3.8, 4) is 11.5 Å². The summed E-state index contributed by atoms with van der Waals surface area (Å²) in [6.07, 6.45) is 1.64. The Bertz CT molecular complexity index is 1170. The predicted octanol–water partition coefficient (Wildman–Crippen LogP) is 4.33. The Labute approximate surface area is 191 Å². The van der Waals surface area contributed by atoms with Crippen molar-refractivity contribution in [1.29, 1.82) is 0 Å². The highest BCUT2D eigenvalue weighted by Crippen LogP contribution is 2.31. The predicted molar refractivity (Wildman–Crippen MR) is 123 cm³/mol. The first-order chi connectivity index (χ1) is 15.4. The minimum absolute atomic E-state index is 0.182. The number of hydrogen-bond acceptors (Lipinski definition) is 7. The molecule has 1 aliphatic rings. The van der Waals surface area contributed by atoms with E-state index < -0.39 is 20.9 Å². The third-order valence-electron chi connectivity index (χ3n) is 5.69. The Kier molecular flexibility index (Phi) is 6.66. The molecule has 0 amide bonds. The summed E-state index contributed by atoms with van der Waals surface area (Å²) in [5, 5.41) is 2.44. The van der Waals surface area contributed by atoms with Crippen LogP contribution < -0.4 is 14.4 Å². The summed E-state index contributed by atoms with van der Waals surface area (Å²) in [6, 6.07) is 10.8. The fourth-order valence-electron chi connectivity index (χ4n) is 3.91. The van der Waals surface area contributed by atoms with Crippen LogP contribution in [0.15, 0.2) is 52.7 Å². The minimum atomic E-state index is -3.47. The van der Waals surface area contributed by atoms with E-state index >= 15 is 0 Å². The molecule has 4 rings (SSSR count). The van der Waals surface area contributed by atoms with Gasteiger partial charge in [0.05, 0.1) is 30.1 Å². The molecule has 1 aromatic heterocycles. The van der Waals surface area contributed by atoms with Crippen molar-refractivity contribution in [3.05, 3.63) is 64.9 Å². The molecule has 1 fully saturated rings. The molecular weight excluding hydrogens is 451 g/mol. The second-order valence-corrected chi connectivity index (χ2v) is 10.7. The zero-order valence-corrected chi connectivity index (χ0v) is 19.6. The number of sulfone groups is 1. The van der Waals surface area contributed by atoms with Crippen LogP contribution in [0.3, 0.4) is 0 Å². The third kappa shape index (κ3) is 4.73. The molecule has 32 heavy (non-hydrogen) atoms. The number of methoxy groups -OCH3 is 2. The van der Waals surface area contributed by atoms with Crippen LogP contribution in [0, 0.1) is 5.82 Å². The molecular formula is C23H25FN2O4S2. The summed E-state index contributed by atoms with van der Waals surface area (Å²) in [4.78, 5) is 7.09. The molecule has 2 heterocycles. The minimum Gasteiger partial charge on any atom is -0.497 e. The highest BCUT2D eigenvalue weighted by Gasteiger charge is 2.32. The lowest BCUT2D eigenvalue weighted by Gasteiger charge is -2.31. The Balaban J connectivity index is 1.42. The maximum atomic E-state index is 13.2. The fourth-order valence-corrected chi connectivity index (χ4v) is 6.52. The summed E-state index contributed by atoms with van der Waals surface area (Å²) in [7, 11) is -0.198. The van der Waals surface area contributed by atoms with Crippen LogP contribution in [0.5, 0.6) is 11.5 Å². The number of aromatic nitrogens is 1. The van der Waals surface area contributed by atoms with Crippen LogP contribution in [-0.4, -0.2) is 46.0 Å². The van der Waals surface area contributed by atoms with Crippen molar-refractivity contribution in [2.75, 3.05) is 32.2 Å². The normalized spacial score (nSPS) is 15.0. The number of piperidine rings is 1. The van der Waals surface area contributed by atoms with Crippen molar-refractivity contribution in [1.82, 2.24) is 4.98 Å². The molecule has 0 atom stereocenters. The first-order valence-corrected chi connectivity index (χ1v) is 12.7. The number of ether oxygens (including phenoxy) is 2. The molecule has 1 saturated heterocycles. The molecule has 0 aliphatic carbocycles.